The third-order valence-corrected chi connectivity index (χ3v) is 4.13. The summed E-state index contributed by atoms with van der Waals surface area (Å²) in [6.45, 7) is 1.99. The van der Waals surface area contributed by atoms with Gasteiger partial charge in [0.2, 0.25) is 0 Å². The molecule has 0 unspecified atom stereocenters. The number of rotatable bonds is 4. The molecule has 1 aliphatic rings. The Labute approximate surface area is 132 Å². The van der Waals surface area contributed by atoms with Crippen LogP contribution in [0.25, 0.3) is 0 Å². The normalized spacial score (nSPS) is 15.4. The highest BCUT2D eigenvalue weighted by atomic mass is 35.5. The average Bonchev–Trinajstić information content (AvgIpc) is 3.33. The maximum Gasteiger partial charge on any atom is 0.266 e. The first-order valence-electron chi connectivity index (χ1n) is 7.17. The summed E-state index contributed by atoms with van der Waals surface area (Å²) >= 11 is 5.78. The molecule has 114 valence electrons. The molecular weight excluding hydrogens is 302 g/mol. The van der Waals surface area contributed by atoms with Gasteiger partial charge in [-0.2, -0.15) is 0 Å². The van der Waals surface area contributed by atoms with E-state index in [0.717, 1.165) is 24.1 Å². The lowest BCUT2D eigenvalue weighted by Gasteiger charge is -2.19. The quantitative estimate of drug-likeness (QED) is 0.910. The Morgan fingerprint density at radius 3 is 2.91 bits per heavy atom. The molecule has 0 spiro atoms. The van der Waals surface area contributed by atoms with E-state index >= 15 is 0 Å². The largest absolute Gasteiger partial charge is 0.343 e. The number of aryl methyl sites for hydroxylation is 1. The van der Waals surface area contributed by atoms with Gasteiger partial charge in [-0.15, -0.1) is 0 Å². The van der Waals surface area contributed by atoms with Crippen LogP contribution in [0.1, 0.15) is 40.5 Å². The molecular formula is C16H16ClN3O2. The van der Waals surface area contributed by atoms with Gasteiger partial charge in [0.25, 0.3) is 11.5 Å². The van der Waals surface area contributed by atoms with Crippen LogP contribution in [0.4, 0.5) is 0 Å². The van der Waals surface area contributed by atoms with E-state index in [9.17, 15) is 9.59 Å². The van der Waals surface area contributed by atoms with E-state index in [-0.39, 0.29) is 17.0 Å². The van der Waals surface area contributed by atoms with Crippen molar-refractivity contribution in [3.05, 3.63) is 62.8 Å². The number of halogens is 1. The molecule has 1 aliphatic carbocycles. The summed E-state index contributed by atoms with van der Waals surface area (Å²) in [5, 5.41) is 3.02. The fourth-order valence-corrected chi connectivity index (χ4v) is 2.65. The van der Waals surface area contributed by atoms with Crippen molar-refractivity contribution in [1.82, 2.24) is 15.3 Å². The molecule has 6 heteroatoms. The summed E-state index contributed by atoms with van der Waals surface area (Å²) in [5.41, 5.74) is 1.88. The summed E-state index contributed by atoms with van der Waals surface area (Å²) < 4.78 is 0. The maximum absolute atomic E-state index is 12.4. The van der Waals surface area contributed by atoms with E-state index in [1.165, 1.54) is 12.3 Å². The van der Waals surface area contributed by atoms with Gasteiger partial charge in [-0.05, 0) is 43.4 Å². The van der Waals surface area contributed by atoms with Gasteiger partial charge in [-0.25, -0.2) is 0 Å². The highest BCUT2D eigenvalue weighted by Crippen LogP contribution is 2.41. The monoisotopic (exact) mass is 317 g/mol. The van der Waals surface area contributed by atoms with Crippen LogP contribution in [0.3, 0.4) is 0 Å². The average molecular weight is 318 g/mol. The Hall–Kier alpha value is -2.14. The number of carbonyl (C=O) groups excluding carboxylic acids is 1. The Bertz CT molecular complexity index is 768. The fourth-order valence-electron chi connectivity index (χ4n) is 2.47. The summed E-state index contributed by atoms with van der Waals surface area (Å²) in [6, 6.07) is 5.14. The van der Waals surface area contributed by atoms with Gasteiger partial charge in [0.15, 0.2) is 0 Å². The fraction of sp³-hybridized carbons (Fsp3) is 0.312. The molecule has 2 heterocycles. The molecule has 0 aromatic carbocycles. The number of pyridine rings is 2. The van der Waals surface area contributed by atoms with E-state index in [1.54, 1.807) is 6.20 Å². The Kier molecular flexibility index (Phi) is 3.98. The standard InChI is InChI=1S/C16H16ClN3O2/c1-9-3-2-6-18-13(9)14(10-4-5-10)20-15(21)11-7-12(17)16(22)19-8-11/h2-3,6-8,10,14H,4-5H2,1H3,(H,19,22)(H,20,21)/t14-/m0/s1. The van der Waals surface area contributed by atoms with Crippen LogP contribution in [0.5, 0.6) is 0 Å². The third kappa shape index (κ3) is 3.04. The van der Waals surface area contributed by atoms with Gasteiger partial charge in [-0.3, -0.25) is 14.6 Å². The maximum atomic E-state index is 12.4. The SMILES string of the molecule is Cc1cccnc1[C@@H](NC(=O)c1c[nH]c(=O)c(Cl)c1)C1CC1. The van der Waals surface area contributed by atoms with Crippen LogP contribution in [0.15, 0.2) is 35.4 Å². The number of aromatic amines is 1. The molecule has 0 aliphatic heterocycles. The lowest BCUT2D eigenvalue weighted by molar-refractivity contribution is 0.0930. The molecule has 2 N–H and O–H groups in total. The highest BCUT2D eigenvalue weighted by Gasteiger charge is 2.35. The molecule has 22 heavy (non-hydrogen) atoms. The number of aromatic nitrogens is 2. The van der Waals surface area contributed by atoms with Crippen molar-refractivity contribution >= 4 is 17.5 Å². The van der Waals surface area contributed by atoms with Crippen molar-refractivity contribution in [2.45, 2.75) is 25.8 Å². The number of hydrogen-bond acceptors (Lipinski definition) is 3. The van der Waals surface area contributed by atoms with Crippen molar-refractivity contribution in [3.8, 4) is 0 Å². The van der Waals surface area contributed by atoms with Gasteiger partial charge < -0.3 is 10.3 Å². The first-order valence-corrected chi connectivity index (χ1v) is 7.54. The van der Waals surface area contributed by atoms with Crippen LogP contribution in [-0.4, -0.2) is 15.9 Å². The second-order valence-corrected chi connectivity index (χ2v) is 5.97. The molecule has 2 aromatic heterocycles. The molecule has 1 fully saturated rings. The minimum absolute atomic E-state index is 0.00430. The first kappa shape index (κ1) is 14.8. The van der Waals surface area contributed by atoms with Crippen molar-refractivity contribution in [2.24, 2.45) is 5.92 Å². The lowest BCUT2D eigenvalue weighted by atomic mass is 10.0. The second-order valence-electron chi connectivity index (χ2n) is 5.56. The molecule has 3 rings (SSSR count). The van der Waals surface area contributed by atoms with Crippen LogP contribution < -0.4 is 10.9 Å². The Morgan fingerprint density at radius 2 is 2.27 bits per heavy atom. The van der Waals surface area contributed by atoms with E-state index in [1.807, 2.05) is 19.1 Å². The van der Waals surface area contributed by atoms with Crippen LogP contribution >= 0.6 is 11.6 Å². The minimum Gasteiger partial charge on any atom is -0.343 e. The lowest BCUT2D eigenvalue weighted by Crippen LogP contribution is -2.31. The zero-order valence-corrected chi connectivity index (χ0v) is 12.9. The number of carbonyl (C=O) groups is 1. The van der Waals surface area contributed by atoms with E-state index in [0.29, 0.717) is 11.5 Å². The van der Waals surface area contributed by atoms with Crippen molar-refractivity contribution in [3.63, 3.8) is 0 Å². The second kappa shape index (κ2) is 5.93. The smallest absolute Gasteiger partial charge is 0.266 e. The Morgan fingerprint density at radius 1 is 1.50 bits per heavy atom. The number of hydrogen-bond donors (Lipinski definition) is 2. The highest BCUT2D eigenvalue weighted by molar-refractivity contribution is 6.30. The number of H-pyrrole nitrogens is 1. The van der Waals surface area contributed by atoms with Gasteiger partial charge in [-0.1, -0.05) is 17.7 Å². The molecule has 2 aromatic rings. The van der Waals surface area contributed by atoms with E-state index in [2.05, 4.69) is 15.3 Å². The predicted molar refractivity (Wildman–Crippen MR) is 84.0 cm³/mol. The predicted octanol–water partition coefficient (Wildman–Crippen LogP) is 2.61. The van der Waals surface area contributed by atoms with Crippen molar-refractivity contribution < 1.29 is 4.79 Å². The Balaban J connectivity index is 1.85. The van der Waals surface area contributed by atoms with E-state index in [4.69, 9.17) is 11.6 Å². The van der Waals surface area contributed by atoms with Gasteiger partial charge >= 0.3 is 0 Å². The van der Waals surface area contributed by atoms with Crippen LogP contribution in [0, 0.1) is 12.8 Å². The number of nitrogens with one attached hydrogen (secondary N) is 2. The van der Waals surface area contributed by atoms with Crippen molar-refractivity contribution in [1.29, 1.82) is 0 Å². The summed E-state index contributed by atoms with van der Waals surface area (Å²) in [4.78, 5) is 30.6. The molecule has 0 saturated heterocycles. The zero-order chi connectivity index (χ0) is 15.7. The minimum atomic E-state index is -0.405. The van der Waals surface area contributed by atoms with Gasteiger partial charge in [0.05, 0.1) is 17.3 Å². The topological polar surface area (TPSA) is 74.8 Å². The van der Waals surface area contributed by atoms with Crippen molar-refractivity contribution in [2.75, 3.05) is 0 Å². The number of amides is 1. The zero-order valence-electron chi connectivity index (χ0n) is 12.1. The van der Waals surface area contributed by atoms with Crippen LogP contribution in [-0.2, 0) is 0 Å². The third-order valence-electron chi connectivity index (χ3n) is 3.84. The van der Waals surface area contributed by atoms with Gasteiger partial charge in [0.1, 0.15) is 5.02 Å². The summed E-state index contributed by atoms with van der Waals surface area (Å²) in [5.74, 6) is 0.149. The van der Waals surface area contributed by atoms with E-state index < -0.39 is 5.56 Å². The molecule has 1 amide bonds. The summed E-state index contributed by atoms with van der Waals surface area (Å²) in [6.07, 6.45) is 5.26. The summed E-state index contributed by atoms with van der Waals surface area (Å²) in [7, 11) is 0. The molecule has 0 bridgehead atoms. The first-order chi connectivity index (χ1) is 10.6. The molecule has 1 atom stereocenters. The molecule has 5 nitrogen and oxygen atoms in total. The molecule has 0 radical (unpaired) electrons. The van der Waals surface area contributed by atoms with Gasteiger partial charge in [0, 0.05) is 12.4 Å². The number of nitrogens with zero attached hydrogens (tertiary/aromatic N) is 1. The van der Waals surface area contributed by atoms with Crippen LogP contribution in [0.2, 0.25) is 5.02 Å². The molecule has 1 saturated carbocycles.